The lowest BCUT2D eigenvalue weighted by Gasteiger charge is -2.01. The smallest absolute Gasteiger partial charge is 0.0814 e. The quantitative estimate of drug-likeness (QED) is 0.816. The van der Waals surface area contributed by atoms with E-state index in [0.717, 1.165) is 3.79 Å². The van der Waals surface area contributed by atoms with Gasteiger partial charge in [-0.05, 0) is 33.6 Å². The molecule has 0 atom stereocenters. The molecule has 0 aliphatic heterocycles. The first-order valence-corrected chi connectivity index (χ1v) is 6.31. The molecular weight excluding hydrogens is 272 g/mol. The number of hydrogen-bond donors (Lipinski definition) is 0. The monoisotopic (exact) mass is 282 g/mol. The maximum absolute atomic E-state index is 5.61. The van der Waals surface area contributed by atoms with E-state index in [1.807, 2.05) is 24.3 Å². The predicted octanol–water partition coefficient (Wildman–Crippen LogP) is 4.23. The number of ether oxygens (including phenoxy) is 1. The molecule has 2 aromatic rings. The van der Waals surface area contributed by atoms with Crippen LogP contribution in [0.25, 0.3) is 0 Å². The number of thiophene rings is 1. The van der Waals surface area contributed by atoms with Crippen molar-refractivity contribution >= 4 is 27.3 Å². The second-order valence-electron chi connectivity index (χ2n) is 3.18. The van der Waals surface area contributed by atoms with Gasteiger partial charge in [-0.25, -0.2) is 0 Å². The molecule has 0 saturated carbocycles. The molecule has 0 aliphatic rings. The molecular formula is C12H11BrOS. The molecule has 0 bridgehead atoms. The van der Waals surface area contributed by atoms with Crippen LogP contribution in [0.1, 0.15) is 10.4 Å². The second-order valence-corrected chi connectivity index (χ2v) is 5.73. The molecule has 0 fully saturated rings. The van der Waals surface area contributed by atoms with E-state index in [-0.39, 0.29) is 0 Å². The van der Waals surface area contributed by atoms with Crippen molar-refractivity contribution in [3.8, 4) is 0 Å². The van der Waals surface area contributed by atoms with E-state index in [0.29, 0.717) is 13.2 Å². The summed E-state index contributed by atoms with van der Waals surface area (Å²) in [6.45, 7) is 1.36. The van der Waals surface area contributed by atoms with Crippen LogP contribution in [0.3, 0.4) is 0 Å². The van der Waals surface area contributed by atoms with Crippen LogP contribution < -0.4 is 0 Å². The van der Waals surface area contributed by atoms with Crippen LogP contribution in [0, 0.1) is 0 Å². The Kier molecular flexibility index (Phi) is 3.94. The van der Waals surface area contributed by atoms with Crippen LogP contribution in [0.5, 0.6) is 0 Å². The lowest BCUT2D eigenvalue weighted by atomic mass is 10.2. The van der Waals surface area contributed by atoms with E-state index < -0.39 is 0 Å². The third-order valence-corrected chi connectivity index (χ3v) is 3.58. The van der Waals surface area contributed by atoms with Crippen LogP contribution in [-0.2, 0) is 18.0 Å². The minimum absolute atomic E-state index is 0.677. The number of halogens is 1. The van der Waals surface area contributed by atoms with Crippen LogP contribution in [0.4, 0.5) is 0 Å². The van der Waals surface area contributed by atoms with Gasteiger partial charge < -0.3 is 4.74 Å². The van der Waals surface area contributed by atoms with Gasteiger partial charge >= 0.3 is 0 Å². The van der Waals surface area contributed by atoms with Crippen molar-refractivity contribution in [3.05, 3.63) is 56.7 Å². The Balaban J connectivity index is 1.80. The zero-order chi connectivity index (χ0) is 10.5. The van der Waals surface area contributed by atoms with E-state index in [9.17, 15) is 0 Å². The van der Waals surface area contributed by atoms with Crippen LogP contribution in [-0.4, -0.2) is 0 Å². The van der Waals surface area contributed by atoms with Crippen LogP contribution in [0.2, 0.25) is 0 Å². The summed E-state index contributed by atoms with van der Waals surface area (Å²) in [5.74, 6) is 0. The molecule has 0 N–H and O–H groups in total. The van der Waals surface area contributed by atoms with Crippen molar-refractivity contribution < 1.29 is 4.74 Å². The summed E-state index contributed by atoms with van der Waals surface area (Å²) >= 11 is 5.15. The summed E-state index contributed by atoms with van der Waals surface area (Å²) < 4.78 is 6.76. The molecule has 0 saturated heterocycles. The second kappa shape index (κ2) is 5.45. The fraction of sp³-hybridized carbons (Fsp3) is 0.167. The lowest BCUT2D eigenvalue weighted by molar-refractivity contribution is 0.109. The molecule has 1 aromatic heterocycles. The van der Waals surface area contributed by atoms with Crippen molar-refractivity contribution in [2.24, 2.45) is 0 Å². The predicted molar refractivity (Wildman–Crippen MR) is 67.0 cm³/mol. The van der Waals surface area contributed by atoms with Crippen LogP contribution in [0.15, 0.2) is 46.3 Å². The molecule has 0 aliphatic carbocycles. The highest BCUT2D eigenvalue weighted by Crippen LogP contribution is 2.22. The van der Waals surface area contributed by atoms with E-state index in [4.69, 9.17) is 4.74 Å². The molecule has 78 valence electrons. The summed E-state index contributed by atoms with van der Waals surface area (Å²) in [5, 5.41) is 0. The number of rotatable bonds is 4. The largest absolute Gasteiger partial charge is 0.371 e. The average Bonchev–Trinajstić information content (AvgIpc) is 2.66. The molecule has 1 heterocycles. The Morgan fingerprint density at radius 1 is 1.00 bits per heavy atom. The van der Waals surface area contributed by atoms with Gasteiger partial charge in [0.15, 0.2) is 0 Å². The van der Waals surface area contributed by atoms with E-state index in [1.165, 1.54) is 10.4 Å². The third kappa shape index (κ3) is 3.45. The SMILES string of the molecule is Brc1ccc(COCc2ccccc2)s1. The van der Waals surface area contributed by atoms with Crippen LogP contribution >= 0.6 is 27.3 Å². The Morgan fingerprint density at radius 2 is 1.80 bits per heavy atom. The van der Waals surface area contributed by atoms with Crippen molar-refractivity contribution in [1.29, 1.82) is 0 Å². The molecule has 0 unspecified atom stereocenters. The minimum Gasteiger partial charge on any atom is -0.371 e. The molecule has 0 radical (unpaired) electrons. The summed E-state index contributed by atoms with van der Waals surface area (Å²) in [6, 6.07) is 14.3. The van der Waals surface area contributed by atoms with Gasteiger partial charge in [-0.3, -0.25) is 0 Å². The van der Waals surface area contributed by atoms with Gasteiger partial charge in [-0.1, -0.05) is 30.3 Å². The molecule has 1 aromatic carbocycles. The van der Waals surface area contributed by atoms with Gasteiger partial charge in [0.1, 0.15) is 0 Å². The van der Waals surface area contributed by atoms with Crippen molar-refractivity contribution in [1.82, 2.24) is 0 Å². The first-order chi connectivity index (χ1) is 7.34. The highest BCUT2D eigenvalue weighted by molar-refractivity contribution is 9.11. The Morgan fingerprint density at radius 3 is 2.47 bits per heavy atom. The summed E-state index contributed by atoms with van der Waals surface area (Å²) in [7, 11) is 0. The molecule has 0 spiro atoms. The average molecular weight is 283 g/mol. The fourth-order valence-electron chi connectivity index (χ4n) is 1.27. The van der Waals surface area contributed by atoms with E-state index in [2.05, 4.69) is 34.1 Å². The number of hydrogen-bond acceptors (Lipinski definition) is 2. The van der Waals surface area contributed by atoms with Gasteiger partial charge in [0.25, 0.3) is 0 Å². The lowest BCUT2D eigenvalue weighted by Crippen LogP contribution is -1.91. The van der Waals surface area contributed by atoms with Gasteiger partial charge in [-0.15, -0.1) is 11.3 Å². The summed E-state index contributed by atoms with van der Waals surface area (Å²) in [4.78, 5) is 1.25. The normalized spacial score (nSPS) is 10.5. The van der Waals surface area contributed by atoms with Crippen molar-refractivity contribution in [3.63, 3.8) is 0 Å². The summed E-state index contributed by atoms with van der Waals surface area (Å²) in [6.07, 6.45) is 0. The van der Waals surface area contributed by atoms with Crippen molar-refractivity contribution in [2.45, 2.75) is 13.2 Å². The fourth-order valence-corrected chi connectivity index (χ4v) is 2.69. The third-order valence-electron chi connectivity index (χ3n) is 1.98. The maximum Gasteiger partial charge on any atom is 0.0814 e. The minimum atomic E-state index is 0.677. The highest BCUT2D eigenvalue weighted by Gasteiger charge is 1.97. The Labute approximate surface area is 102 Å². The molecule has 3 heteroatoms. The Hall–Kier alpha value is -0.640. The molecule has 1 nitrogen and oxygen atoms in total. The van der Waals surface area contributed by atoms with E-state index >= 15 is 0 Å². The van der Waals surface area contributed by atoms with Gasteiger partial charge in [0, 0.05) is 4.88 Å². The molecule has 15 heavy (non-hydrogen) atoms. The number of benzene rings is 1. The Bertz CT molecular complexity index is 411. The zero-order valence-electron chi connectivity index (χ0n) is 8.15. The first kappa shape index (κ1) is 10.9. The van der Waals surface area contributed by atoms with Gasteiger partial charge in [0.2, 0.25) is 0 Å². The van der Waals surface area contributed by atoms with Gasteiger partial charge in [-0.2, -0.15) is 0 Å². The van der Waals surface area contributed by atoms with E-state index in [1.54, 1.807) is 11.3 Å². The summed E-state index contributed by atoms with van der Waals surface area (Å²) in [5.41, 5.74) is 1.22. The molecule has 0 amide bonds. The molecule has 2 rings (SSSR count). The van der Waals surface area contributed by atoms with Gasteiger partial charge in [0.05, 0.1) is 17.0 Å². The standard InChI is InChI=1S/C12H11BrOS/c13-12-7-6-11(15-12)9-14-8-10-4-2-1-3-5-10/h1-7H,8-9H2. The zero-order valence-corrected chi connectivity index (χ0v) is 10.6. The first-order valence-electron chi connectivity index (χ1n) is 4.70. The highest BCUT2D eigenvalue weighted by atomic mass is 79.9. The topological polar surface area (TPSA) is 9.23 Å². The maximum atomic E-state index is 5.61. The van der Waals surface area contributed by atoms with Crippen molar-refractivity contribution in [2.75, 3.05) is 0 Å².